The Morgan fingerprint density at radius 1 is 0.967 bits per heavy atom. The quantitative estimate of drug-likeness (QED) is 0.782. The molecule has 0 radical (unpaired) electrons. The molecule has 1 aromatic carbocycles. The highest BCUT2D eigenvalue weighted by molar-refractivity contribution is 6.09. The van der Waals surface area contributed by atoms with Gasteiger partial charge in [0, 0.05) is 49.3 Å². The number of nitrogens with one attached hydrogen (secondary N) is 1. The fraction of sp³-hybridized carbons (Fsp3) is 0.364. The predicted molar refractivity (Wildman–Crippen MR) is 108 cm³/mol. The molecule has 2 saturated heterocycles. The highest BCUT2D eigenvalue weighted by atomic mass is 19.1. The number of amides is 3. The van der Waals surface area contributed by atoms with Gasteiger partial charge in [0.1, 0.15) is 11.7 Å². The number of likely N-dealkylation sites (tertiary alicyclic amines) is 1. The molecular formula is C22H23FN4O3. The largest absolute Gasteiger partial charge is 0.353 e. The number of piperidine rings is 1. The van der Waals surface area contributed by atoms with Crippen molar-refractivity contribution in [2.75, 3.05) is 24.5 Å². The maximum Gasteiger partial charge on any atom is 0.253 e. The maximum atomic E-state index is 13.1. The van der Waals surface area contributed by atoms with Crippen LogP contribution in [0.25, 0.3) is 0 Å². The summed E-state index contributed by atoms with van der Waals surface area (Å²) in [6, 6.07) is 9.01. The molecule has 3 heterocycles. The first-order chi connectivity index (χ1) is 14.5. The van der Waals surface area contributed by atoms with Crippen molar-refractivity contribution in [3.8, 4) is 0 Å². The van der Waals surface area contributed by atoms with Crippen molar-refractivity contribution in [1.82, 2.24) is 15.2 Å². The van der Waals surface area contributed by atoms with E-state index in [0.29, 0.717) is 50.1 Å². The van der Waals surface area contributed by atoms with Gasteiger partial charge < -0.3 is 15.1 Å². The fourth-order valence-electron chi connectivity index (χ4n) is 4.01. The summed E-state index contributed by atoms with van der Waals surface area (Å²) in [5.41, 5.74) is 1.20. The first-order valence-corrected chi connectivity index (χ1v) is 10.1. The molecule has 2 aliphatic heterocycles. The Labute approximate surface area is 173 Å². The highest BCUT2D eigenvalue weighted by Crippen LogP contribution is 2.26. The second-order valence-corrected chi connectivity index (χ2v) is 7.62. The van der Waals surface area contributed by atoms with Crippen LogP contribution in [0.2, 0.25) is 0 Å². The van der Waals surface area contributed by atoms with Gasteiger partial charge in [-0.15, -0.1) is 0 Å². The van der Waals surface area contributed by atoms with E-state index in [2.05, 4.69) is 10.3 Å². The van der Waals surface area contributed by atoms with E-state index in [-0.39, 0.29) is 29.6 Å². The summed E-state index contributed by atoms with van der Waals surface area (Å²) in [6.07, 6.45) is 4.90. The monoisotopic (exact) mass is 410 g/mol. The van der Waals surface area contributed by atoms with Crippen molar-refractivity contribution >= 4 is 23.4 Å². The summed E-state index contributed by atoms with van der Waals surface area (Å²) in [5.74, 6) is -1.67. The van der Waals surface area contributed by atoms with Gasteiger partial charge in [0.2, 0.25) is 11.8 Å². The maximum absolute atomic E-state index is 13.1. The number of halogens is 1. The molecule has 1 atom stereocenters. The van der Waals surface area contributed by atoms with Crippen LogP contribution in [0, 0.1) is 11.7 Å². The molecular weight excluding hydrogens is 387 g/mol. The van der Waals surface area contributed by atoms with Gasteiger partial charge in [-0.1, -0.05) is 0 Å². The molecule has 8 heteroatoms. The number of aromatic nitrogens is 1. The Morgan fingerprint density at radius 2 is 1.63 bits per heavy atom. The first kappa shape index (κ1) is 20.0. The van der Waals surface area contributed by atoms with Crippen LogP contribution in [0.3, 0.4) is 0 Å². The molecule has 0 spiro atoms. The topological polar surface area (TPSA) is 82.6 Å². The third kappa shape index (κ3) is 4.17. The second kappa shape index (κ2) is 8.61. The van der Waals surface area contributed by atoms with Crippen molar-refractivity contribution in [3.63, 3.8) is 0 Å². The van der Waals surface area contributed by atoms with E-state index in [1.54, 1.807) is 41.6 Å². The number of hydrogen-bond donors (Lipinski definition) is 1. The summed E-state index contributed by atoms with van der Waals surface area (Å²) in [6.45, 7) is 1.53. The molecule has 0 aliphatic carbocycles. The Kier molecular flexibility index (Phi) is 5.74. The highest BCUT2D eigenvalue weighted by Gasteiger charge is 2.38. The van der Waals surface area contributed by atoms with Crippen LogP contribution in [-0.2, 0) is 9.59 Å². The van der Waals surface area contributed by atoms with Crippen LogP contribution in [0.5, 0.6) is 0 Å². The summed E-state index contributed by atoms with van der Waals surface area (Å²) in [4.78, 5) is 45.1. The van der Waals surface area contributed by atoms with Gasteiger partial charge in [-0.3, -0.25) is 19.4 Å². The number of benzene rings is 1. The van der Waals surface area contributed by atoms with Gasteiger partial charge in [-0.2, -0.15) is 0 Å². The van der Waals surface area contributed by atoms with E-state index in [4.69, 9.17) is 0 Å². The number of carbonyl (C=O) groups is 3. The SMILES string of the molecule is O=C(NC1CCN(C(=O)c2ccncc2)CC1)C1CCN(c2ccc(F)cc2)C1=O. The lowest BCUT2D eigenvalue weighted by molar-refractivity contribution is -0.132. The lowest BCUT2D eigenvalue weighted by Gasteiger charge is -2.32. The summed E-state index contributed by atoms with van der Waals surface area (Å²) < 4.78 is 13.1. The van der Waals surface area contributed by atoms with Crippen LogP contribution in [0.15, 0.2) is 48.8 Å². The van der Waals surface area contributed by atoms with Crippen LogP contribution >= 0.6 is 0 Å². The van der Waals surface area contributed by atoms with E-state index in [1.165, 1.54) is 17.0 Å². The van der Waals surface area contributed by atoms with Gasteiger partial charge >= 0.3 is 0 Å². The Morgan fingerprint density at radius 3 is 2.30 bits per heavy atom. The van der Waals surface area contributed by atoms with Gasteiger partial charge in [0.15, 0.2) is 0 Å². The summed E-state index contributed by atoms with van der Waals surface area (Å²) >= 11 is 0. The molecule has 2 aliphatic rings. The molecule has 156 valence electrons. The van der Waals surface area contributed by atoms with E-state index < -0.39 is 5.92 Å². The van der Waals surface area contributed by atoms with E-state index in [1.807, 2.05) is 0 Å². The Balaban J connectivity index is 1.29. The van der Waals surface area contributed by atoms with Crippen LogP contribution < -0.4 is 10.2 Å². The number of pyridine rings is 1. The minimum absolute atomic E-state index is 0.0388. The summed E-state index contributed by atoms with van der Waals surface area (Å²) in [5, 5.41) is 2.98. The average Bonchev–Trinajstić information content (AvgIpc) is 3.16. The molecule has 0 saturated carbocycles. The molecule has 3 amide bonds. The standard InChI is InChI=1S/C22H23FN4O3/c23-16-1-3-18(4-2-16)27-14-9-19(22(27)30)20(28)25-17-7-12-26(13-8-17)21(29)15-5-10-24-11-6-15/h1-6,10-11,17,19H,7-9,12-14H2,(H,25,28). The lowest BCUT2D eigenvalue weighted by Crippen LogP contribution is -2.48. The fourth-order valence-corrected chi connectivity index (χ4v) is 4.01. The van der Waals surface area contributed by atoms with E-state index in [0.717, 1.165) is 0 Å². The first-order valence-electron chi connectivity index (χ1n) is 10.1. The van der Waals surface area contributed by atoms with Gasteiger partial charge in [-0.25, -0.2) is 4.39 Å². The van der Waals surface area contributed by atoms with Crippen molar-refractivity contribution in [1.29, 1.82) is 0 Å². The van der Waals surface area contributed by atoms with Gasteiger partial charge in [0.05, 0.1) is 0 Å². The van der Waals surface area contributed by atoms with Gasteiger partial charge in [0.25, 0.3) is 5.91 Å². The number of hydrogen-bond acceptors (Lipinski definition) is 4. The predicted octanol–water partition coefficient (Wildman–Crippen LogP) is 1.99. The lowest BCUT2D eigenvalue weighted by atomic mass is 10.0. The number of carbonyl (C=O) groups excluding carboxylic acids is 3. The van der Waals surface area contributed by atoms with Crippen molar-refractivity contribution in [2.24, 2.45) is 5.92 Å². The number of anilines is 1. The van der Waals surface area contributed by atoms with Crippen molar-refractivity contribution < 1.29 is 18.8 Å². The van der Waals surface area contributed by atoms with Crippen LogP contribution in [-0.4, -0.2) is 53.3 Å². The molecule has 2 aromatic rings. The second-order valence-electron chi connectivity index (χ2n) is 7.62. The molecule has 0 bridgehead atoms. The third-order valence-corrected chi connectivity index (χ3v) is 5.72. The van der Waals surface area contributed by atoms with Crippen molar-refractivity contribution in [2.45, 2.75) is 25.3 Å². The third-order valence-electron chi connectivity index (χ3n) is 5.72. The Bertz CT molecular complexity index is 927. The minimum Gasteiger partial charge on any atom is -0.353 e. The summed E-state index contributed by atoms with van der Waals surface area (Å²) in [7, 11) is 0. The van der Waals surface area contributed by atoms with Crippen LogP contribution in [0.4, 0.5) is 10.1 Å². The van der Waals surface area contributed by atoms with Gasteiger partial charge in [-0.05, 0) is 55.7 Å². The van der Waals surface area contributed by atoms with E-state index >= 15 is 0 Å². The molecule has 1 aromatic heterocycles. The zero-order valence-corrected chi connectivity index (χ0v) is 16.5. The molecule has 1 N–H and O–H groups in total. The Hall–Kier alpha value is -3.29. The minimum atomic E-state index is -0.730. The molecule has 2 fully saturated rings. The number of nitrogens with zero attached hydrogens (tertiary/aromatic N) is 3. The molecule has 4 rings (SSSR count). The molecule has 1 unspecified atom stereocenters. The molecule has 30 heavy (non-hydrogen) atoms. The zero-order valence-electron chi connectivity index (χ0n) is 16.5. The average molecular weight is 410 g/mol. The van der Waals surface area contributed by atoms with E-state index in [9.17, 15) is 18.8 Å². The number of rotatable bonds is 4. The molecule has 7 nitrogen and oxygen atoms in total. The van der Waals surface area contributed by atoms with Crippen LogP contribution in [0.1, 0.15) is 29.6 Å². The normalized spacial score (nSPS) is 19.8. The van der Waals surface area contributed by atoms with Crippen molar-refractivity contribution in [3.05, 3.63) is 60.2 Å². The smallest absolute Gasteiger partial charge is 0.253 e. The zero-order chi connectivity index (χ0) is 21.1.